The predicted octanol–water partition coefficient (Wildman–Crippen LogP) is 3.94. The minimum atomic E-state index is -0.415. The first kappa shape index (κ1) is 17.6. The normalized spacial score (nSPS) is 14.7. The summed E-state index contributed by atoms with van der Waals surface area (Å²) in [5.74, 6) is 1.74. The molecule has 0 saturated carbocycles. The van der Waals surface area contributed by atoms with Crippen LogP contribution < -0.4 is 20.1 Å². The maximum Gasteiger partial charge on any atom is 0.130 e. The van der Waals surface area contributed by atoms with Crippen molar-refractivity contribution in [1.29, 1.82) is 0 Å². The van der Waals surface area contributed by atoms with Gasteiger partial charge in [0, 0.05) is 26.2 Å². The molecule has 3 aromatic carbocycles. The van der Waals surface area contributed by atoms with E-state index in [0.717, 1.165) is 17.7 Å². The Morgan fingerprint density at radius 1 is 0.840 bits per heavy atom. The van der Waals surface area contributed by atoms with Gasteiger partial charge in [-0.25, -0.2) is 0 Å². The summed E-state index contributed by atoms with van der Waals surface area (Å²) in [6.07, 6.45) is 1.01. The van der Waals surface area contributed by atoms with Gasteiger partial charge in [0.15, 0.2) is 0 Å². The van der Waals surface area contributed by atoms with E-state index in [1.54, 1.807) is 14.2 Å². The minimum Gasteiger partial charge on any atom is -0.497 e. The van der Waals surface area contributed by atoms with E-state index < -0.39 is 7.92 Å². The van der Waals surface area contributed by atoms with Gasteiger partial charge in [-0.2, -0.15) is 0 Å². The number of benzene rings is 3. The molecular formula is C21H19BO2P. The quantitative estimate of drug-likeness (QED) is 0.529. The van der Waals surface area contributed by atoms with Gasteiger partial charge in [0.25, 0.3) is 0 Å². The van der Waals surface area contributed by atoms with E-state index in [9.17, 15) is 0 Å². The summed E-state index contributed by atoms with van der Waals surface area (Å²) < 4.78 is 11.2. The van der Waals surface area contributed by atoms with Crippen molar-refractivity contribution in [3.63, 3.8) is 0 Å². The maximum atomic E-state index is 5.68. The van der Waals surface area contributed by atoms with E-state index in [-0.39, 0.29) is 8.41 Å². The van der Waals surface area contributed by atoms with Crippen molar-refractivity contribution in [2.45, 2.75) is 6.16 Å². The number of ether oxygens (including phenoxy) is 2. The van der Waals surface area contributed by atoms with Crippen LogP contribution in [0.15, 0.2) is 66.7 Å². The summed E-state index contributed by atoms with van der Waals surface area (Å²) in [5.41, 5.74) is 3.80. The number of methoxy groups -OCH3 is 2. The Hall–Kier alpha value is -2.25. The van der Waals surface area contributed by atoms with Crippen LogP contribution in [0, 0.1) is 0 Å². The molecule has 2 nitrogen and oxygen atoms in total. The van der Waals surface area contributed by atoms with E-state index >= 15 is 0 Å². The Balaban J connectivity index is 0.00000182. The van der Waals surface area contributed by atoms with Crippen molar-refractivity contribution >= 4 is 26.9 Å². The Labute approximate surface area is 152 Å². The number of fused-ring (bicyclic) bond motifs is 3. The van der Waals surface area contributed by atoms with Gasteiger partial charge in [0.1, 0.15) is 11.5 Å². The second kappa shape index (κ2) is 7.33. The number of rotatable bonds is 3. The molecule has 0 amide bonds. The molecule has 3 radical (unpaired) electrons. The third-order valence-corrected chi connectivity index (χ3v) is 7.02. The van der Waals surface area contributed by atoms with Crippen molar-refractivity contribution in [2.75, 3.05) is 14.2 Å². The smallest absolute Gasteiger partial charge is 0.130 e. The molecule has 123 valence electrons. The van der Waals surface area contributed by atoms with Crippen LogP contribution in [0.25, 0.3) is 11.1 Å². The molecule has 0 N–H and O–H groups in total. The summed E-state index contributed by atoms with van der Waals surface area (Å²) in [4.78, 5) is 0. The Morgan fingerprint density at radius 3 is 2.28 bits per heavy atom. The highest BCUT2D eigenvalue weighted by Crippen LogP contribution is 2.51. The van der Waals surface area contributed by atoms with Gasteiger partial charge in [0.2, 0.25) is 0 Å². The SMILES string of the molecule is COc1cc2c(c(OC)c1)-c1ccccc1[P@](c1ccccc1)C2.[B]. The fraction of sp³-hybridized carbons (Fsp3) is 0.143. The molecule has 1 atom stereocenters. The lowest BCUT2D eigenvalue weighted by atomic mass is 9.98. The number of hydrogen-bond donors (Lipinski definition) is 0. The first-order valence-electron chi connectivity index (χ1n) is 7.98. The second-order valence-corrected chi connectivity index (χ2v) is 7.97. The van der Waals surface area contributed by atoms with Crippen LogP contribution in [0.4, 0.5) is 0 Å². The zero-order valence-electron chi connectivity index (χ0n) is 14.4. The van der Waals surface area contributed by atoms with Crippen LogP contribution in [0.1, 0.15) is 5.56 Å². The lowest BCUT2D eigenvalue weighted by Gasteiger charge is -2.30. The highest BCUT2D eigenvalue weighted by molar-refractivity contribution is 7.72. The van der Waals surface area contributed by atoms with Gasteiger partial charge in [-0.05, 0) is 35.7 Å². The first-order valence-corrected chi connectivity index (χ1v) is 9.51. The molecule has 0 fully saturated rings. The predicted molar refractivity (Wildman–Crippen MR) is 107 cm³/mol. The van der Waals surface area contributed by atoms with Crippen LogP contribution in [0.5, 0.6) is 11.5 Å². The molecule has 0 unspecified atom stereocenters. The Kier molecular flexibility index (Phi) is 5.15. The highest BCUT2D eigenvalue weighted by Gasteiger charge is 2.28. The summed E-state index contributed by atoms with van der Waals surface area (Å²) >= 11 is 0. The Bertz CT molecular complexity index is 880. The lowest BCUT2D eigenvalue weighted by Crippen LogP contribution is -2.20. The first-order chi connectivity index (χ1) is 11.8. The van der Waals surface area contributed by atoms with Crippen LogP contribution >= 0.6 is 7.92 Å². The summed E-state index contributed by atoms with van der Waals surface area (Å²) in [6.45, 7) is 0. The molecule has 1 aliphatic heterocycles. The molecule has 1 heterocycles. The standard InChI is InChI=1S/C21H19O2P.B/c1-22-16-12-15-14-24(17-8-4-3-5-9-17)20-11-7-6-10-18(20)21(15)19(13-16)23-2;/h3-13H,14H2,1-2H3;/t24-;/m0./s1. The van der Waals surface area contributed by atoms with Crippen LogP contribution in [0.2, 0.25) is 0 Å². The van der Waals surface area contributed by atoms with Gasteiger partial charge >= 0.3 is 0 Å². The molecular weight excluding hydrogens is 326 g/mol. The van der Waals surface area contributed by atoms with Crippen LogP contribution in [-0.4, -0.2) is 22.6 Å². The molecule has 25 heavy (non-hydrogen) atoms. The molecule has 0 aromatic heterocycles. The van der Waals surface area contributed by atoms with E-state index in [1.165, 1.54) is 27.3 Å². The van der Waals surface area contributed by atoms with Gasteiger partial charge in [-0.15, -0.1) is 0 Å². The van der Waals surface area contributed by atoms with E-state index in [0.29, 0.717) is 0 Å². The topological polar surface area (TPSA) is 18.5 Å². The van der Waals surface area contributed by atoms with E-state index in [1.807, 2.05) is 6.07 Å². The van der Waals surface area contributed by atoms with Crippen molar-refractivity contribution in [3.05, 3.63) is 72.3 Å². The molecule has 0 bridgehead atoms. The zero-order valence-corrected chi connectivity index (χ0v) is 15.3. The third kappa shape index (κ3) is 3.05. The van der Waals surface area contributed by atoms with Gasteiger partial charge in [0.05, 0.1) is 14.2 Å². The van der Waals surface area contributed by atoms with Gasteiger partial charge in [-0.3, -0.25) is 0 Å². The van der Waals surface area contributed by atoms with E-state index in [2.05, 4.69) is 60.7 Å². The van der Waals surface area contributed by atoms with Crippen molar-refractivity contribution < 1.29 is 9.47 Å². The fourth-order valence-corrected chi connectivity index (χ4v) is 5.87. The van der Waals surface area contributed by atoms with Gasteiger partial charge in [-0.1, -0.05) is 54.6 Å². The van der Waals surface area contributed by atoms with Crippen molar-refractivity contribution in [1.82, 2.24) is 0 Å². The zero-order chi connectivity index (χ0) is 16.5. The van der Waals surface area contributed by atoms with E-state index in [4.69, 9.17) is 9.47 Å². The molecule has 0 spiro atoms. The Morgan fingerprint density at radius 2 is 1.56 bits per heavy atom. The summed E-state index contributed by atoms with van der Waals surface area (Å²) in [5, 5.41) is 2.84. The number of hydrogen-bond acceptors (Lipinski definition) is 2. The molecule has 0 aliphatic carbocycles. The third-order valence-electron chi connectivity index (χ3n) is 4.47. The maximum absolute atomic E-state index is 5.68. The van der Waals surface area contributed by atoms with Crippen LogP contribution in [0.3, 0.4) is 0 Å². The van der Waals surface area contributed by atoms with Crippen molar-refractivity contribution in [3.8, 4) is 22.6 Å². The molecule has 4 heteroatoms. The lowest BCUT2D eigenvalue weighted by molar-refractivity contribution is 0.395. The fourth-order valence-electron chi connectivity index (χ4n) is 3.37. The summed E-state index contributed by atoms with van der Waals surface area (Å²) in [6, 6.07) is 23.7. The van der Waals surface area contributed by atoms with Gasteiger partial charge < -0.3 is 9.47 Å². The largest absolute Gasteiger partial charge is 0.497 e. The molecule has 3 aromatic rings. The van der Waals surface area contributed by atoms with Crippen LogP contribution in [-0.2, 0) is 6.16 Å². The monoisotopic (exact) mass is 345 g/mol. The minimum absolute atomic E-state index is 0. The molecule has 0 saturated heterocycles. The molecule has 1 aliphatic rings. The average molecular weight is 345 g/mol. The highest BCUT2D eigenvalue weighted by atomic mass is 31.1. The average Bonchev–Trinajstić information content (AvgIpc) is 2.66. The second-order valence-electron chi connectivity index (χ2n) is 5.80. The van der Waals surface area contributed by atoms with Crippen molar-refractivity contribution in [2.24, 2.45) is 0 Å². The summed E-state index contributed by atoms with van der Waals surface area (Å²) in [7, 11) is 3.02. The molecule has 4 rings (SSSR count).